The van der Waals surface area contributed by atoms with Gasteiger partial charge in [0.2, 0.25) is 0 Å². The maximum atomic E-state index is 11.3. The monoisotopic (exact) mass is 218 g/mol. The first-order valence-corrected chi connectivity index (χ1v) is 5.42. The van der Waals surface area contributed by atoms with Crippen LogP contribution >= 0.6 is 0 Å². The van der Waals surface area contributed by atoms with Crippen molar-refractivity contribution in [3.8, 4) is 0 Å². The van der Waals surface area contributed by atoms with Gasteiger partial charge in [0.25, 0.3) is 0 Å². The highest BCUT2D eigenvalue weighted by Crippen LogP contribution is 2.06. The molecule has 0 aromatic carbocycles. The van der Waals surface area contributed by atoms with E-state index in [0.29, 0.717) is 13.2 Å². The van der Waals surface area contributed by atoms with Crippen LogP contribution in [0.2, 0.25) is 0 Å². The van der Waals surface area contributed by atoms with Crippen molar-refractivity contribution < 1.29 is 19.0 Å². The number of esters is 1. The fraction of sp³-hybridized carbons (Fsp3) is 0.909. The van der Waals surface area contributed by atoms with Gasteiger partial charge in [-0.05, 0) is 19.8 Å². The van der Waals surface area contributed by atoms with Gasteiger partial charge in [-0.3, -0.25) is 4.79 Å². The molecule has 4 heteroatoms. The Labute approximate surface area is 91.9 Å². The van der Waals surface area contributed by atoms with Crippen molar-refractivity contribution in [2.45, 2.75) is 39.9 Å². The molecule has 0 aliphatic rings. The van der Waals surface area contributed by atoms with Crippen LogP contribution in [0.5, 0.6) is 0 Å². The van der Waals surface area contributed by atoms with Gasteiger partial charge in [-0.15, -0.1) is 0 Å². The SMILES string of the molecule is CCC(C)C(=O)OC(C)OCCCOC. The van der Waals surface area contributed by atoms with E-state index in [-0.39, 0.29) is 11.9 Å². The van der Waals surface area contributed by atoms with E-state index in [2.05, 4.69) is 0 Å². The minimum absolute atomic E-state index is 0.0602. The molecule has 90 valence electrons. The average molecular weight is 218 g/mol. The summed E-state index contributed by atoms with van der Waals surface area (Å²) >= 11 is 0. The molecule has 0 saturated heterocycles. The van der Waals surface area contributed by atoms with Gasteiger partial charge in [-0.1, -0.05) is 13.8 Å². The van der Waals surface area contributed by atoms with E-state index < -0.39 is 6.29 Å². The van der Waals surface area contributed by atoms with Crippen molar-refractivity contribution in [1.29, 1.82) is 0 Å². The van der Waals surface area contributed by atoms with Crippen molar-refractivity contribution >= 4 is 5.97 Å². The lowest BCUT2D eigenvalue weighted by Gasteiger charge is -2.16. The fourth-order valence-electron chi connectivity index (χ4n) is 0.933. The Morgan fingerprint density at radius 1 is 1.27 bits per heavy atom. The molecule has 0 aliphatic carbocycles. The summed E-state index contributed by atoms with van der Waals surface area (Å²) in [4.78, 5) is 11.3. The van der Waals surface area contributed by atoms with E-state index >= 15 is 0 Å². The number of carbonyl (C=O) groups excluding carboxylic acids is 1. The van der Waals surface area contributed by atoms with Crippen LogP contribution in [0.4, 0.5) is 0 Å². The highest BCUT2D eigenvalue weighted by atomic mass is 16.7. The molecule has 0 heterocycles. The average Bonchev–Trinajstić information content (AvgIpc) is 2.23. The van der Waals surface area contributed by atoms with Gasteiger partial charge >= 0.3 is 5.97 Å². The molecule has 4 nitrogen and oxygen atoms in total. The lowest BCUT2D eigenvalue weighted by Crippen LogP contribution is -2.23. The molecule has 0 aromatic heterocycles. The number of carbonyl (C=O) groups is 1. The van der Waals surface area contributed by atoms with Crippen molar-refractivity contribution in [1.82, 2.24) is 0 Å². The van der Waals surface area contributed by atoms with Crippen molar-refractivity contribution in [3.63, 3.8) is 0 Å². The molecule has 0 bridgehead atoms. The molecule has 15 heavy (non-hydrogen) atoms. The summed E-state index contributed by atoms with van der Waals surface area (Å²) in [6.07, 6.45) is 1.13. The van der Waals surface area contributed by atoms with Crippen LogP contribution in [0.1, 0.15) is 33.6 Å². The van der Waals surface area contributed by atoms with Gasteiger partial charge in [-0.2, -0.15) is 0 Å². The predicted molar refractivity (Wildman–Crippen MR) is 57.5 cm³/mol. The molecule has 2 unspecified atom stereocenters. The van der Waals surface area contributed by atoms with Crippen molar-refractivity contribution in [2.24, 2.45) is 5.92 Å². The first-order valence-electron chi connectivity index (χ1n) is 5.42. The summed E-state index contributed by atoms with van der Waals surface area (Å²) in [6.45, 7) is 6.73. The molecule has 0 fully saturated rings. The van der Waals surface area contributed by atoms with Crippen LogP contribution in [0, 0.1) is 5.92 Å². The molecule has 0 amide bonds. The highest BCUT2D eigenvalue weighted by Gasteiger charge is 2.15. The Morgan fingerprint density at radius 3 is 2.47 bits per heavy atom. The number of hydrogen-bond acceptors (Lipinski definition) is 4. The van der Waals surface area contributed by atoms with Crippen LogP contribution in [-0.4, -0.2) is 32.6 Å². The minimum atomic E-state index is -0.469. The predicted octanol–water partition coefficient (Wildman–Crippen LogP) is 1.97. The molecule has 0 N–H and O–H groups in total. The normalized spacial score (nSPS) is 14.7. The van der Waals surface area contributed by atoms with Gasteiger partial charge in [0.1, 0.15) is 0 Å². The summed E-state index contributed by atoms with van der Waals surface area (Å²) in [5.74, 6) is -0.258. The second kappa shape index (κ2) is 8.68. The van der Waals surface area contributed by atoms with E-state index in [9.17, 15) is 4.79 Å². The molecular formula is C11H22O4. The number of ether oxygens (including phenoxy) is 3. The topological polar surface area (TPSA) is 44.8 Å². The fourth-order valence-corrected chi connectivity index (χ4v) is 0.933. The number of hydrogen-bond donors (Lipinski definition) is 0. The largest absolute Gasteiger partial charge is 0.436 e. The van der Waals surface area contributed by atoms with Crippen LogP contribution in [-0.2, 0) is 19.0 Å². The van der Waals surface area contributed by atoms with E-state index in [0.717, 1.165) is 12.8 Å². The third kappa shape index (κ3) is 7.33. The molecule has 0 aromatic rings. The quantitative estimate of drug-likeness (QED) is 0.355. The molecule has 0 rings (SSSR count). The molecule has 0 aliphatic heterocycles. The Kier molecular flexibility index (Phi) is 8.33. The van der Waals surface area contributed by atoms with Gasteiger partial charge in [0.05, 0.1) is 12.5 Å². The summed E-state index contributed by atoms with van der Waals surface area (Å²) < 4.78 is 15.2. The molecule has 0 saturated carbocycles. The van der Waals surface area contributed by atoms with Crippen molar-refractivity contribution in [2.75, 3.05) is 20.3 Å². The summed E-state index contributed by atoms with van der Waals surface area (Å²) in [5, 5.41) is 0. The smallest absolute Gasteiger partial charge is 0.310 e. The maximum absolute atomic E-state index is 11.3. The lowest BCUT2D eigenvalue weighted by molar-refractivity contribution is -0.179. The summed E-state index contributed by atoms with van der Waals surface area (Å²) in [5.41, 5.74) is 0. The second-order valence-corrected chi connectivity index (χ2v) is 3.53. The number of methoxy groups -OCH3 is 1. The van der Waals surface area contributed by atoms with E-state index in [4.69, 9.17) is 14.2 Å². The van der Waals surface area contributed by atoms with Crippen LogP contribution in [0.15, 0.2) is 0 Å². The van der Waals surface area contributed by atoms with E-state index in [1.165, 1.54) is 0 Å². The summed E-state index contributed by atoms with van der Waals surface area (Å²) in [7, 11) is 1.65. The standard InChI is InChI=1S/C11H22O4/c1-5-9(2)11(12)15-10(3)14-8-6-7-13-4/h9-10H,5-8H2,1-4H3. The zero-order valence-corrected chi connectivity index (χ0v) is 10.1. The first kappa shape index (κ1) is 14.4. The Morgan fingerprint density at radius 2 is 1.93 bits per heavy atom. The Hall–Kier alpha value is -0.610. The van der Waals surface area contributed by atoms with Gasteiger partial charge < -0.3 is 14.2 Å². The van der Waals surface area contributed by atoms with Gasteiger partial charge in [0.15, 0.2) is 6.29 Å². The van der Waals surface area contributed by atoms with Gasteiger partial charge in [-0.25, -0.2) is 0 Å². The first-order chi connectivity index (χ1) is 7.11. The van der Waals surface area contributed by atoms with Crippen molar-refractivity contribution in [3.05, 3.63) is 0 Å². The summed E-state index contributed by atoms with van der Waals surface area (Å²) in [6, 6.07) is 0. The molecular weight excluding hydrogens is 196 g/mol. The molecule has 0 radical (unpaired) electrons. The Bertz CT molecular complexity index is 170. The van der Waals surface area contributed by atoms with Crippen LogP contribution < -0.4 is 0 Å². The van der Waals surface area contributed by atoms with Gasteiger partial charge in [0, 0.05) is 13.7 Å². The zero-order chi connectivity index (χ0) is 11.7. The third-order valence-corrected chi connectivity index (χ3v) is 2.14. The lowest BCUT2D eigenvalue weighted by atomic mass is 10.1. The second-order valence-electron chi connectivity index (χ2n) is 3.53. The maximum Gasteiger partial charge on any atom is 0.310 e. The van der Waals surface area contributed by atoms with Crippen LogP contribution in [0.3, 0.4) is 0 Å². The van der Waals surface area contributed by atoms with Crippen LogP contribution in [0.25, 0.3) is 0 Å². The molecule has 0 spiro atoms. The minimum Gasteiger partial charge on any atom is -0.436 e. The highest BCUT2D eigenvalue weighted by molar-refractivity contribution is 5.71. The van der Waals surface area contributed by atoms with E-state index in [1.807, 2.05) is 13.8 Å². The Balaban J connectivity index is 3.55. The zero-order valence-electron chi connectivity index (χ0n) is 10.1. The third-order valence-electron chi connectivity index (χ3n) is 2.14. The van der Waals surface area contributed by atoms with E-state index in [1.54, 1.807) is 14.0 Å². The molecule has 2 atom stereocenters. The number of rotatable bonds is 8.